The summed E-state index contributed by atoms with van der Waals surface area (Å²) in [6.45, 7) is 0. The lowest BCUT2D eigenvalue weighted by molar-refractivity contribution is -0.116. The van der Waals surface area contributed by atoms with Crippen molar-refractivity contribution in [2.75, 3.05) is 5.32 Å². The van der Waals surface area contributed by atoms with Crippen LogP contribution in [0.25, 0.3) is 11.1 Å². The van der Waals surface area contributed by atoms with E-state index in [0.29, 0.717) is 12.8 Å². The summed E-state index contributed by atoms with van der Waals surface area (Å²) in [5, 5.41) is 3.00. The molecule has 4 heteroatoms. The Labute approximate surface area is 140 Å². The van der Waals surface area contributed by atoms with Gasteiger partial charge in [-0.15, -0.1) is 0 Å². The summed E-state index contributed by atoms with van der Waals surface area (Å²) in [7, 11) is 0. The van der Waals surface area contributed by atoms with Gasteiger partial charge in [0.05, 0.1) is 5.69 Å². The number of carbonyl (C=O) groups excluding carboxylic acids is 1. The number of nitrogens with one attached hydrogen (secondary N) is 1. The number of amides is 1. The van der Waals surface area contributed by atoms with Crippen molar-refractivity contribution in [1.82, 2.24) is 4.98 Å². The number of hydrogen-bond donors (Lipinski definition) is 1. The van der Waals surface area contributed by atoms with Gasteiger partial charge in [-0.25, -0.2) is 0 Å². The number of anilines is 1. The molecule has 3 aromatic rings. The van der Waals surface area contributed by atoms with Crippen LogP contribution >= 0.6 is 0 Å². The minimum absolute atomic E-state index is 0.0457. The second-order valence-corrected chi connectivity index (χ2v) is 5.71. The fourth-order valence-electron chi connectivity index (χ4n) is 2.90. The van der Waals surface area contributed by atoms with Gasteiger partial charge in [-0.2, -0.15) is 0 Å². The molecule has 2 aromatic carbocycles. The van der Waals surface area contributed by atoms with Gasteiger partial charge in [-0.1, -0.05) is 24.3 Å². The molecule has 1 amide bonds. The van der Waals surface area contributed by atoms with Crippen LogP contribution in [0.2, 0.25) is 0 Å². The average Bonchev–Trinajstić information content (AvgIpc) is 2.63. The topological polar surface area (TPSA) is 51.2 Å². The van der Waals surface area contributed by atoms with Crippen molar-refractivity contribution in [3.8, 4) is 22.6 Å². The van der Waals surface area contributed by atoms with Gasteiger partial charge in [0.2, 0.25) is 5.91 Å². The quantitative estimate of drug-likeness (QED) is 0.778. The summed E-state index contributed by atoms with van der Waals surface area (Å²) >= 11 is 0. The summed E-state index contributed by atoms with van der Waals surface area (Å²) in [6.07, 6.45) is 4.73. The number of ether oxygens (including phenoxy) is 1. The molecule has 24 heavy (non-hydrogen) atoms. The van der Waals surface area contributed by atoms with Crippen LogP contribution in [0.5, 0.6) is 11.5 Å². The maximum absolute atomic E-state index is 11.8. The normalized spacial score (nSPS) is 13.1. The van der Waals surface area contributed by atoms with E-state index in [-0.39, 0.29) is 5.91 Å². The van der Waals surface area contributed by atoms with E-state index in [1.54, 1.807) is 12.4 Å². The zero-order chi connectivity index (χ0) is 16.4. The summed E-state index contributed by atoms with van der Waals surface area (Å²) in [5.74, 6) is 1.59. The number of pyridine rings is 1. The van der Waals surface area contributed by atoms with Crippen molar-refractivity contribution in [2.45, 2.75) is 12.8 Å². The smallest absolute Gasteiger partial charge is 0.224 e. The molecule has 4 nitrogen and oxygen atoms in total. The highest BCUT2D eigenvalue weighted by Gasteiger charge is 2.20. The fraction of sp³-hybridized carbons (Fsp3) is 0.100. The molecule has 0 saturated heterocycles. The number of para-hydroxylation sites is 1. The number of carbonyl (C=O) groups is 1. The number of benzene rings is 2. The lowest BCUT2D eigenvalue weighted by atomic mass is 9.95. The minimum atomic E-state index is 0.0457. The second kappa shape index (κ2) is 6.16. The van der Waals surface area contributed by atoms with Crippen LogP contribution in [0.15, 0.2) is 67.0 Å². The van der Waals surface area contributed by atoms with Gasteiger partial charge in [0, 0.05) is 29.9 Å². The Hall–Kier alpha value is -3.14. The number of fused-ring (bicyclic) bond motifs is 1. The molecule has 1 aliphatic rings. The Kier molecular flexibility index (Phi) is 3.71. The molecule has 1 aromatic heterocycles. The van der Waals surface area contributed by atoms with Crippen molar-refractivity contribution in [3.63, 3.8) is 0 Å². The van der Waals surface area contributed by atoms with Gasteiger partial charge in [-0.05, 0) is 42.3 Å². The first-order valence-electron chi connectivity index (χ1n) is 7.90. The predicted molar refractivity (Wildman–Crippen MR) is 93.1 cm³/mol. The zero-order valence-corrected chi connectivity index (χ0v) is 13.0. The molecule has 1 aliphatic heterocycles. The monoisotopic (exact) mass is 316 g/mol. The molecular weight excluding hydrogens is 300 g/mol. The summed E-state index contributed by atoms with van der Waals surface area (Å²) in [4.78, 5) is 16.0. The highest BCUT2D eigenvalue weighted by molar-refractivity contribution is 5.99. The molecule has 0 bridgehead atoms. The van der Waals surface area contributed by atoms with Crippen molar-refractivity contribution < 1.29 is 9.53 Å². The summed E-state index contributed by atoms with van der Waals surface area (Å²) in [5.41, 5.74) is 3.83. The first-order chi connectivity index (χ1) is 11.8. The molecule has 0 radical (unpaired) electrons. The number of aromatic nitrogens is 1. The molecule has 1 N–H and O–H groups in total. The van der Waals surface area contributed by atoms with E-state index in [9.17, 15) is 4.79 Å². The van der Waals surface area contributed by atoms with E-state index < -0.39 is 0 Å². The van der Waals surface area contributed by atoms with E-state index in [2.05, 4.69) is 10.3 Å². The second-order valence-electron chi connectivity index (χ2n) is 5.71. The first-order valence-corrected chi connectivity index (χ1v) is 7.90. The van der Waals surface area contributed by atoms with Gasteiger partial charge < -0.3 is 10.1 Å². The molecule has 4 rings (SSSR count). The number of hydrogen-bond acceptors (Lipinski definition) is 3. The molecule has 0 fully saturated rings. The SMILES string of the molecule is O=C1CCc2cc(Oc3ccccc3)cc(-c3cccnc3)c2N1. The molecular formula is C20H16N2O2. The maximum Gasteiger partial charge on any atom is 0.224 e. The van der Waals surface area contributed by atoms with Crippen molar-refractivity contribution in [2.24, 2.45) is 0 Å². The fourth-order valence-corrected chi connectivity index (χ4v) is 2.90. The number of nitrogens with zero attached hydrogens (tertiary/aromatic N) is 1. The van der Waals surface area contributed by atoms with Gasteiger partial charge in [0.1, 0.15) is 11.5 Å². The Morgan fingerprint density at radius 1 is 0.958 bits per heavy atom. The Morgan fingerprint density at radius 3 is 2.62 bits per heavy atom. The van der Waals surface area contributed by atoms with Crippen LogP contribution in [0.1, 0.15) is 12.0 Å². The number of aryl methyl sites for hydroxylation is 1. The molecule has 2 heterocycles. The largest absolute Gasteiger partial charge is 0.457 e. The molecule has 0 atom stereocenters. The minimum Gasteiger partial charge on any atom is -0.457 e. The third-order valence-electron chi connectivity index (χ3n) is 4.03. The standard InChI is InChI=1S/C20H16N2O2/c23-19-9-8-14-11-17(24-16-6-2-1-3-7-16)12-18(20(14)22-19)15-5-4-10-21-13-15/h1-7,10-13H,8-9H2,(H,22,23). The van der Waals surface area contributed by atoms with Gasteiger partial charge >= 0.3 is 0 Å². The van der Waals surface area contributed by atoms with Gasteiger partial charge in [-0.3, -0.25) is 9.78 Å². The van der Waals surface area contributed by atoms with Crippen LogP contribution in [0.4, 0.5) is 5.69 Å². The highest BCUT2D eigenvalue weighted by Crippen LogP contribution is 2.38. The first kappa shape index (κ1) is 14.5. The van der Waals surface area contributed by atoms with E-state index in [0.717, 1.165) is 33.9 Å². The van der Waals surface area contributed by atoms with Gasteiger partial charge in [0.15, 0.2) is 0 Å². The van der Waals surface area contributed by atoms with E-state index in [4.69, 9.17) is 4.74 Å². The molecule has 0 unspecified atom stereocenters. The van der Waals surface area contributed by atoms with Crippen LogP contribution in [-0.2, 0) is 11.2 Å². The van der Waals surface area contributed by atoms with Crippen molar-refractivity contribution in [3.05, 3.63) is 72.6 Å². The van der Waals surface area contributed by atoms with E-state index in [1.807, 2.05) is 54.6 Å². The van der Waals surface area contributed by atoms with E-state index >= 15 is 0 Å². The van der Waals surface area contributed by atoms with E-state index in [1.165, 1.54) is 0 Å². The lowest BCUT2D eigenvalue weighted by Gasteiger charge is -2.22. The molecule has 118 valence electrons. The van der Waals surface area contributed by atoms with Crippen LogP contribution in [0, 0.1) is 0 Å². The number of rotatable bonds is 3. The maximum atomic E-state index is 11.8. The summed E-state index contributed by atoms with van der Waals surface area (Å²) < 4.78 is 6.00. The molecule has 0 saturated carbocycles. The van der Waals surface area contributed by atoms with Crippen LogP contribution < -0.4 is 10.1 Å². The Bertz CT molecular complexity index is 877. The van der Waals surface area contributed by atoms with Crippen LogP contribution in [-0.4, -0.2) is 10.9 Å². The van der Waals surface area contributed by atoms with Crippen molar-refractivity contribution >= 4 is 11.6 Å². The lowest BCUT2D eigenvalue weighted by Crippen LogP contribution is -2.19. The predicted octanol–water partition coefficient (Wildman–Crippen LogP) is 4.43. The molecule has 0 spiro atoms. The van der Waals surface area contributed by atoms with Crippen LogP contribution in [0.3, 0.4) is 0 Å². The highest BCUT2D eigenvalue weighted by atomic mass is 16.5. The van der Waals surface area contributed by atoms with Gasteiger partial charge in [0.25, 0.3) is 0 Å². The average molecular weight is 316 g/mol. The van der Waals surface area contributed by atoms with Crippen molar-refractivity contribution in [1.29, 1.82) is 0 Å². The zero-order valence-electron chi connectivity index (χ0n) is 13.0. The third-order valence-corrected chi connectivity index (χ3v) is 4.03. The Balaban J connectivity index is 1.81. The summed E-state index contributed by atoms with van der Waals surface area (Å²) in [6, 6.07) is 17.5. The Morgan fingerprint density at radius 2 is 1.83 bits per heavy atom. The molecule has 0 aliphatic carbocycles. The third kappa shape index (κ3) is 2.86.